The van der Waals surface area contributed by atoms with Crippen molar-refractivity contribution in [1.82, 2.24) is 4.73 Å². The van der Waals surface area contributed by atoms with E-state index in [1.165, 1.54) is 12.4 Å². The second-order valence-corrected chi connectivity index (χ2v) is 4.39. The van der Waals surface area contributed by atoms with E-state index in [-0.39, 0.29) is 0 Å². The first-order valence-electron chi connectivity index (χ1n) is 5.64. The summed E-state index contributed by atoms with van der Waals surface area (Å²) in [6.07, 6.45) is 3.04. The molecule has 0 atom stereocenters. The Hall–Kier alpha value is -2.62. The third-order valence-corrected chi connectivity index (χ3v) is 3.39. The smallest absolute Gasteiger partial charge is 0.271 e. The summed E-state index contributed by atoms with van der Waals surface area (Å²) in [5, 5.41) is 15.3. The molecule has 0 N–H and O–H groups in total. The van der Waals surface area contributed by atoms with E-state index in [9.17, 15) is 10.1 Å². The Morgan fingerprint density at radius 3 is 2.67 bits per heavy atom. The third kappa shape index (κ3) is 0.996. The lowest BCUT2D eigenvalue weighted by Crippen LogP contribution is -2.15. The van der Waals surface area contributed by atoms with Gasteiger partial charge in [-0.1, -0.05) is 18.2 Å². The van der Waals surface area contributed by atoms with Crippen molar-refractivity contribution in [3.05, 3.63) is 69.3 Å². The van der Waals surface area contributed by atoms with E-state index in [4.69, 9.17) is 0 Å². The lowest BCUT2D eigenvalue weighted by Gasteiger charge is -2.15. The van der Waals surface area contributed by atoms with Gasteiger partial charge in [0.2, 0.25) is 6.20 Å². The van der Waals surface area contributed by atoms with Crippen molar-refractivity contribution in [2.24, 2.45) is 0 Å². The molecule has 86 valence electrons. The lowest BCUT2D eigenvalue weighted by atomic mass is 10.1. The van der Waals surface area contributed by atoms with Crippen molar-refractivity contribution in [1.29, 1.82) is 0 Å². The van der Waals surface area contributed by atoms with Gasteiger partial charge in [0.15, 0.2) is 0 Å². The van der Waals surface area contributed by atoms with Crippen molar-refractivity contribution >= 4 is 21.8 Å². The Morgan fingerprint density at radius 1 is 1.00 bits per heavy atom. The zero-order chi connectivity index (χ0) is 12.3. The standard InChI is InChI=1S/C14H8N2O2/c17-15-8-10-4-2-6-12-14(10)13-9(7-16(12)18)3-1-5-11(13)15/h1-8H. The number of aromatic nitrogens is 2. The van der Waals surface area contributed by atoms with E-state index in [0.29, 0.717) is 11.0 Å². The highest BCUT2D eigenvalue weighted by Gasteiger charge is 2.13. The van der Waals surface area contributed by atoms with Gasteiger partial charge in [0, 0.05) is 33.3 Å². The van der Waals surface area contributed by atoms with Gasteiger partial charge in [-0.15, -0.1) is 0 Å². The Kier molecular flexibility index (Phi) is 1.56. The Bertz CT molecular complexity index is 1000. The van der Waals surface area contributed by atoms with Crippen LogP contribution in [-0.4, -0.2) is 4.73 Å². The fourth-order valence-corrected chi connectivity index (χ4v) is 2.63. The molecule has 2 aromatic carbocycles. The number of rotatable bonds is 0. The molecule has 0 unspecified atom stereocenters. The molecule has 18 heavy (non-hydrogen) atoms. The summed E-state index contributed by atoms with van der Waals surface area (Å²) in [4.78, 5) is 12.0. The molecule has 0 fully saturated rings. The topological polar surface area (TPSA) is 51.0 Å². The molecule has 4 heteroatoms. The molecule has 2 aliphatic heterocycles. The molecule has 2 aromatic rings. The van der Waals surface area contributed by atoms with Crippen LogP contribution in [0.5, 0.6) is 0 Å². The van der Waals surface area contributed by atoms with E-state index in [1.807, 2.05) is 12.1 Å². The van der Waals surface area contributed by atoms with Gasteiger partial charge in [-0.25, -0.2) is 0 Å². The Labute approximate surface area is 101 Å². The summed E-state index contributed by atoms with van der Waals surface area (Å²) in [5.74, 6) is 0. The first-order valence-corrected chi connectivity index (χ1v) is 5.64. The number of benzene rings is 2. The van der Waals surface area contributed by atoms with Crippen molar-refractivity contribution in [3.8, 4) is 0 Å². The molecular formula is C14H8N2O2. The average molecular weight is 236 g/mol. The Morgan fingerprint density at radius 2 is 1.78 bits per heavy atom. The second kappa shape index (κ2) is 2.98. The normalized spacial score (nSPS) is 11.8. The summed E-state index contributed by atoms with van der Waals surface area (Å²) >= 11 is 0. The summed E-state index contributed by atoms with van der Waals surface area (Å²) in [6, 6.07) is 10.8. The van der Waals surface area contributed by atoms with Crippen LogP contribution in [-0.2, 0) is 0 Å². The minimum Gasteiger partial charge on any atom is -0.806 e. The van der Waals surface area contributed by atoms with Gasteiger partial charge in [0.05, 0.1) is 15.0 Å². The number of hydrogen-bond acceptors (Lipinski definition) is 2. The van der Waals surface area contributed by atoms with Crippen LogP contribution in [0.1, 0.15) is 0 Å². The Balaban J connectivity index is 2.64. The van der Waals surface area contributed by atoms with Crippen molar-refractivity contribution in [2.75, 3.05) is 0 Å². The predicted molar refractivity (Wildman–Crippen MR) is 68.1 cm³/mol. The number of hydrogen-bond donors (Lipinski definition) is 0. The highest BCUT2D eigenvalue weighted by atomic mass is 16.5. The van der Waals surface area contributed by atoms with Gasteiger partial charge >= 0.3 is 0 Å². The van der Waals surface area contributed by atoms with Crippen LogP contribution in [0, 0.1) is 20.6 Å². The zero-order valence-corrected chi connectivity index (χ0v) is 9.33. The molecule has 0 amide bonds. The molecule has 0 spiro atoms. The maximum absolute atomic E-state index is 12.0. The van der Waals surface area contributed by atoms with Crippen LogP contribution in [0.3, 0.4) is 0 Å². The molecular weight excluding hydrogens is 228 g/mol. The van der Waals surface area contributed by atoms with Crippen LogP contribution in [0.25, 0.3) is 21.8 Å². The van der Waals surface area contributed by atoms with Crippen molar-refractivity contribution < 1.29 is 4.43 Å². The SMILES string of the molecule is O=[n+]1cc2cccc3c2=c2c(cccc21)cn3[O-]. The monoisotopic (exact) mass is 236 g/mol. The predicted octanol–water partition coefficient (Wildman–Crippen LogP) is 2.22. The maximum atomic E-state index is 12.0. The van der Waals surface area contributed by atoms with Crippen LogP contribution in [0.15, 0.2) is 48.8 Å². The highest BCUT2D eigenvalue weighted by Crippen LogP contribution is 2.21. The van der Waals surface area contributed by atoms with Crippen molar-refractivity contribution in [3.63, 3.8) is 0 Å². The second-order valence-electron chi connectivity index (χ2n) is 4.39. The van der Waals surface area contributed by atoms with Crippen LogP contribution in [0.4, 0.5) is 0 Å². The van der Waals surface area contributed by atoms with E-state index < -0.39 is 0 Å². The third-order valence-electron chi connectivity index (χ3n) is 3.39. The van der Waals surface area contributed by atoms with E-state index >= 15 is 0 Å². The summed E-state index contributed by atoms with van der Waals surface area (Å²) in [5.41, 5.74) is 1.19. The van der Waals surface area contributed by atoms with E-state index in [2.05, 4.69) is 0 Å². The van der Waals surface area contributed by atoms with Crippen LogP contribution in [0.2, 0.25) is 0 Å². The number of nitrogens with zero attached hydrogens (tertiary/aromatic N) is 2. The summed E-state index contributed by atoms with van der Waals surface area (Å²) < 4.78 is 1.72. The first-order chi connectivity index (χ1) is 8.75. The van der Waals surface area contributed by atoms with Crippen LogP contribution >= 0.6 is 0 Å². The first kappa shape index (κ1) is 9.41. The van der Waals surface area contributed by atoms with Gasteiger partial charge in [0.1, 0.15) is 0 Å². The molecule has 0 radical (unpaired) electrons. The molecule has 2 aliphatic rings. The summed E-state index contributed by atoms with van der Waals surface area (Å²) in [7, 11) is 0. The van der Waals surface area contributed by atoms with Crippen LogP contribution < -0.4 is 4.43 Å². The minimum absolute atomic E-state index is 0.594. The maximum Gasteiger partial charge on any atom is 0.271 e. The summed E-state index contributed by atoms with van der Waals surface area (Å²) in [6.45, 7) is 0. The average Bonchev–Trinajstić information content (AvgIpc) is 2.38. The minimum atomic E-state index is 0.594. The molecule has 4 rings (SSSR count). The molecule has 0 aromatic heterocycles. The fraction of sp³-hybridized carbons (Fsp3) is 0. The van der Waals surface area contributed by atoms with Gasteiger partial charge in [-0.3, -0.25) is 0 Å². The van der Waals surface area contributed by atoms with Crippen molar-refractivity contribution in [2.45, 2.75) is 0 Å². The fourth-order valence-electron chi connectivity index (χ4n) is 2.63. The van der Waals surface area contributed by atoms with E-state index in [0.717, 1.165) is 30.4 Å². The molecule has 0 aliphatic carbocycles. The largest absolute Gasteiger partial charge is 0.806 e. The van der Waals surface area contributed by atoms with Gasteiger partial charge < -0.3 is 9.94 Å². The van der Waals surface area contributed by atoms with Gasteiger partial charge in [-0.2, -0.15) is 0 Å². The zero-order valence-electron chi connectivity index (χ0n) is 9.33. The lowest BCUT2D eigenvalue weighted by molar-refractivity contribution is -0.463. The van der Waals surface area contributed by atoms with Gasteiger partial charge in [-0.05, 0) is 12.1 Å². The molecule has 0 saturated carbocycles. The van der Waals surface area contributed by atoms with Gasteiger partial charge in [0.25, 0.3) is 5.52 Å². The molecule has 0 saturated heterocycles. The van der Waals surface area contributed by atoms with E-state index in [1.54, 1.807) is 24.3 Å². The quantitative estimate of drug-likeness (QED) is 0.439. The molecule has 0 bridgehead atoms. The molecule has 2 heterocycles. The molecule has 4 nitrogen and oxygen atoms in total. The highest BCUT2D eigenvalue weighted by molar-refractivity contribution is 5.76.